The predicted octanol–water partition coefficient (Wildman–Crippen LogP) is 0.881. The van der Waals surface area contributed by atoms with Gasteiger partial charge in [0, 0.05) is 18.4 Å². The molecule has 1 aliphatic rings. The van der Waals surface area contributed by atoms with Crippen LogP contribution in [0.4, 0.5) is 0 Å². The highest BCUT2D eigenvalue weighted by Gasteiger charge is 2.20. The van der Waals surface area contributed by atoms with E-state index in [1.165, 1.54) is 19.3 Å². The van der Waals surface area contributed by atoms with Crippen molar-refractivity contribution in [1.29, 1.82) is 0 Å². The number of hydrogen-bond acceptors (Lipinski definition) is 5. The summed E-state index contributed by atoms with van der Waals surface area (Å²) in [5.41, 5.74) is 0. The lowest BCUT2D eigenvalue weighted by atomic mass is 9.98. The molecule has 0 aromatic carbocycles. The van der Waals surface area contributed by atoms with Crippen LogP contribution in [-0.4, -0.2) is 31.2 Å². The minimum atomic E-state index is -4.61. The van der Waals surface area contributed by atoms with Crippen LogP contribution in [0.1, 0.15) is 6.42 Å². The third kappa shape index (κ3) is 4.60. The van der Waals surface area contributed by atoms with Gasteiger partial charge >= 0.3 is 16.4 Å². The van der Waals surface area contributed by atoms with E-state index in [0.29, 0.717) is 0 Å². The number of ether oxygens (including phenoxy) is 1. The zero-order valence-corrected chi connectivity index (χ0v) is 10.3. The number of carboxylic acids is 1. The monoisotopic (exact) mass is 276 g/mol. The Labute approximate surface area is 104 Å². The fourth-order valence-corrected chi connectivity index (χ4v) is 1.77. The van der Waals surface area contributed by atoms with E-state index in [0.717, 1.165) is 6.08 Å². The molecule has 0 bridgehead atoms. The molecule has 0 saturated carbocycles. The molecule has 8 heteroatoms. The van der Waals surface area contributed by atoms with Crippen molar-refractivity contribution in [2.45, 2.75) is 6.42 Å². The van der Waals surface area contributed by atoms with Crippen molar-refractivity contribution in [2.24, 2.45) is 5.92 Å². The van der Waals surface area contributed by atoms with Crippen molar-refractivity contribution in [2.75, 3.05) is 7.11 Å². The summed E-state index contributed by atoms with van der Waals surface area (Å²) in [4.78, 5) is 10.4. The van der Waals surface area contributed by atoms with Crippen LogP contribution in [0, 0.1) is 5.92 Å². The van der Waals surface area contributed by atoms with Crippen molar-refractivity contribution >= 4 is 16.4 Å². The molecular formula is C10H12O7S. The van der Waals surface area contributed by atoms with Gasteiger partial charge in [-0.25, -0.2) is 4.79 Å². The van der Waals surface area contributed by atoms with Crippen LogP contribution >= 0.6 is 0 Å². The van der Waals surface area contributed by atoms with Crippen molar-refractivity contribution in [3.63, 3.8) is 0 Å². The average Bonchev–Trinajstić information content (AvgIpc) is 2.25. The molecule has 0 aromatic rings. The summed E-state index contributed by atoms with van der Waals surface area (Å²) in [7, 11) is -3.29. The Kier molecular flexibility index (Phi) is 4.51. The quantitative estimate of drug-likeness (QED) is 0.566. The Balaban J connectivity index is 2.84. The summed E-state index contributed by atoms with van der Waals surface area (Å²) in [6.07, 6.45) is 5.50. The summed E-state index contributed by atoms with van der Waals surface area (Å²) in [6, 6.07) is 0. The van der Waals surface area contributed by atoms with Crippen LogP contribution < -0.4 is 0 Å². The lowest BCUT2D eigenvalue weighted by Crippen LogP contribution is -2.11. The zero-order chi connectivity index (χ0) is 13.8. The van der Waals surface area contributed by atoms with Gasteiger partial charge in [0.1, 0.15) is 5.76 Å². The maximum Gasteiger partial charge on any atom is 0.446 e. The Morgan fingerprint density at radius 2 is 2.22 bits per heavy atom. The summed E-state index contributed by atoms with van der Waals surface area (Å²) in [5.74, 6) is -1.24. The third-order valence-corrected chi connectivity index (χ3v) is 2.51. The second-order valence-electron chi connectivity index (χ2n) is 3.43. The molecule has 0 heterocycles. The standard InChI is InChI=1S/C10H12O7S/c1-16-9-6-7(3-5-10(11)12)2-4-8(9)17-18(13,14)15/h2-5,7H,6H2,1H3,(H,11,12)(H,13,14,15)/b5-3+. The van der Waals surface area contributed by atoms with Gasteiger partial charge in [0.05, 0.1) is 7.11 Å². The first-order chi connectivity index (χ1) is 8.31. The van der Waals surface area contributed by atoms with Gasteiger partial charge in [-0.15, -0.1) is 0 Å². The molecule has 0 radical (unpaired) electrons. The first-order valence-corrected chi connectivity index (χ1v) is 6.21. The number of allylic oxidation sites excluding steroid dienone is 4. The van der Waals surface area contributed by atoms with Gasteiger partial charge in [0.15, 0.2) is 5.76 Å². The Bertz CT molecular complexity index is 512. The smallest absolute Gasteiger partial charge is 0.446 e. The minimum absolute atomic E-state index is 0.125. The van der Waals surface area contributed by atoms with E-state index in [4.69, 9.17) is 14.4 Å². The Morgan fingerprint density at radius 3 is 2.72 bits per heavy atom. The normalized spacial score (nSPS) is 20.2. The van der Waals surface area contributed by atoms with Gasteiger partial charge in [0.25, 0.3) is 0 Å². The minimum Gasteiger partial charge on any atom is -0.497 e. The second kappa shape index (κ2) is 5.69. The van der Waals surface area contributed by atoms with Crippen LogP contribution in [0.2, 0.25) is 0 Å². The van der Waals surface area contributed by atoms with Crippen LogP contribution in [0.3, 0.4) is 0 Å². The Hall–Kier alpha value is -1.80. The van der Waals surface area contributed by atoms with Crippen molar-refractivity contribution in [3.05, 3.63) is 35.8 Å². The van der Waals surface area contributed by atoms with E-state index in [-0.39, 0.29) is 23.9 Å². The number of rotatable bonds is 5. The topological polar surface area (TPSA) is 110 Å². The van der Waals surface area contributed by atoms with Crippen LogP contribution in [0.15, 0.2) is 35.8 Å². The van der Waals surface area contributed by atoms with Gasteiger partial charge in [-0.1, -0.05) is 12.2 Å². The summed E-state index contributed by atoms with van der Waals surface area (Å²) >= 11 is 0. The fraction of sp³-hybridized carbons (Fsp3) is 0.300. The lowest BCUT2D eigenvalue weighted by molar-refractivity contribution is -0.131. The summed E-state index contributed by atoms with van der Waals surface area (Å²) in [5, 5.41) is 8.48. The third-order valence-electron chi connectivity index (χ3n) is 2.12. The number of carboxylic acid groups (broad SMARTS) is 1. The van der Waals surface area contributed by atoms with Gasteiger partial charge < -0.3 is 14.0 Å². The molecule has 0 aromatic heterocycles. The summed E-state index contributed by atoms with van der Waals surface area (Å²) in [6.45, 7) is 0. The highest BCUT2D eigenvalue weighted by atomic mass is 32.3. The van der Waals surface area contributed by atoms with Gasteiger partial charge in [0.2, 0.25) is 0 Å². The second-order valence-corrected chi connectivity index (χ2v) is 4.45. The molecule has 0 amide bonds. The number of carbonyl (C=O) groups is 1. The maximum atomic E-state index is 10.6. The SMILES string of the molecule is COC1=C(OS(=O)(=O)O)C=CC(/C=C/C(=O)O)C1. The van der Waals surface area contributed by atoms with E-state index < -0.39 is 16.4 Å². The molecule has 18 heavy (non-hydrogen) atoms. The van der Waals surface area contributed by atoms with Crippen molar-refractivity contribution in [1.82, 2.24) is 0 Å². The number of hydrogen-bond donors (Lipinski definition) is 2. The maximum absolute atomic E-state index is 10.6. The van der Waals surface area contributed by atoms with E-state index in [2.05, 4.69) is 4.18 Å². The fourth-order valence-electron chi connectivity index (χ4n) is 1.40. The predicted molar refractivity (Wildman–Crippen MR) is 60.7 cm³/mol. The molecule has 1 rings (SSSR count). The number of aliphatic carboxylic acids is 1. The van der Waals surface area contributed by atoms with Crippen LogP contribution in [0.5, 0.6) is 0 Å². The molecule has 100 valence electrons. The van der Waals surface area contributed by atoms with Crippen molar-refractivity contribution in [3.8, 4) is 0 Å². The van der Waals surface area contributed by atoms with Gasteiger partial charge in [-0.3, -0.25) is 4.55 Å². The largest absolute Gasteiger partial charge is 0.497 e. The molecule has 0 saturated heterocycles. The number of methoxy groups -OCH3 is 1. The van der Waals surface area contributed by atoms with E-state index in [9.17, 15) is 13.2 Å². The first kappa shape index (κ1) is 14.3. The lowest BCUT2D eigenvalue weighted by Gasteiger charge is -2.18. The van der Waals surface area contributed by atoms with E-state index in [1.807, 2.05) is 0 Å². The molecule has 7 nitrogen and oxygen atoms in total. The van der Waals surface area contributed by atoms with Crippen molar-refractivity contribution < 1.29 is 31.8 Å². The van der Waals surface area contributed by atoms with Crippen LogP contribution in [0.25, 0.3) is 0 Å². The highest BCUT2D eigenvalue weighted by Crippen LogP contribution is 2.26. The summed E-state index contributed by atoms with van der Waals surface area (Å²) < 4.78 is 39.0. The molecule has 0 aliphatic heterocycles. The van der Waals surface area contributed by atoms with E-state index >= 15 is 0 Å². The first-order valence-electron chi connectivity index (χ1n) is 4.85. The van der Waals surface area contributed by atoms with Gasteiger partial charge in [-0.2, -0.15) is 8.42 Å². The zero-order valence-electron chi connectivity index (χ0n) is 9.44. The molecule has 0 spiro atoms. The highest BCUT2D eigenvalue weighted by molar-refractivity contribution is 7.81. The molecule has 1 aliphatic carbocycles. The van der Waals surface area contributed by atoms with Gasteiger partial charge in [-0.05, 0) is 6.08 Å². The van der Waals surface area contributed by atoms with E-state index in [1.54, 1.807) is 6.08 Å². The molecule has 0 fully saturated rings. The molecule has 2 N–H and O–H groups in total. The average molecular weight is 276 g/mol. The molecule has 1 unspecified atom stereocenters. The Morgan fingerprint density at radius 1 is 1.56 bits per heavy atom. The van der Waals surface area contributed by atoms with Crippen LogP contribution in [-0.2, 0) is 24.1 Å². The molecule has 1 atom stereocenters. The molecular weight excluding hydrogens is 264 g/mol.